The number of carbonyl (C=O) groups is 1. The fraction of sp³-hybridized carbons (Fsp3) is 0.625. The molecule has 3 heterocycles. The molecule has 2 fully saturated rings. The van der Waals surface area contributed by atoms with Crippen LogP contribution in [0.25, 0.3) is 0 Å². The van der Waals surface area contributed by atoms with Crippen molar-refractivity contribution in [2.24, 2.45) is 0 Å². The molecule has 0 aromatic carbocycles. The molecule has 1 aromatic rings. The van der Waals surface area contributed by atoms with E-state index in [0.717, 1.165) is 5.56 Å². The molecule has 0 radical (unpaired) electrons. The zero-order valence-electron chi connectivity index (χ0n) is 13.7. The van der Waals surface area contributed by atoms with Crippen molar-refractivity contribution in [3.8, 4) is 0 Å². The first-order chi connectivity index (χ1) is 11.9. The monoisotopic (exact) mass is 354 g/mol. The molecule has 0 saturated carbocycles. The third-order valence-electron chi connectivity index (χ3n) is 4.74. The average Bonchev–Trinajstić information content (AvgIpc) is 2.91. The molecule has 0 spiro atoms. The molecule has 9 heteroatoms. The summed E-state index contributed by atoms with van der Waals surface area (Å²) < 4.78 is 10.9. The molecule has 4 N–H and O–H groups in total. The molecule has 7 atom stereocenters. The van der Waals surface area contributed by atoms with E-state index in [1.165, 1.54) is 4.90 Å². The largest absolute Gasteiger partial charge is 0.394 e. The van der Waals surface area contributed by atoms with Crippen molar-refractivity contribution in [3.63, 3.8) is 0 Å². The number of carbonyl (C=O) groups excluding carboxylic acids is 1. The number of aliphatic hydroxyl groups excluding tert-OH is 4. The van der Waals surface area contributed by atoms with Gasteiger partial charge < -0.3 is 34.8 Å². The summed E-state index contributed by atoms with van der Waals surface area (Å²) >= 11 is 0. The molecule has 1 amide bonds. The zero-order chi connectivity index (χ0) is 18.1. The van der Waals surface area contributed by atoms with Crippen LogP contribution < -0.4 is 0 Å². The van der Waals surface area contributed by atoms with Gasteiger partial charge in [-0.3, -0.25) is 9.78 Å². The number of nitrogens with zero attached hydrogens (tertiary/aromatic N) is 2. The number of likely N-dealkylation sites (tertiary alicyclic amines) is 1. The number of ether oxygens (including phenoxy) is 2. The van der Waals surface area contributed by atoms with E-state index in [9.17, 15) is 25.2 Å². The van der Waals surface area contributed by atoms with Gasteiger partial charge in [0.05, 0.1) is 12.6 Å². The summed E-state index contributed by atoms with van der Waals surface area (Å²) in [4.78, 5) is 18.0. The first kappa shape index (κ1) is 18.2. The Hall–Kier alpha value is -1.62. The van der Waals surface area contributed by atoms with Crippen LogP contribution in [0.2, 0.25) is 0 Å². The number of hydrogen-bond donors (Lipinski definition) is 4. The van der Waals surface area contributed by atoms with Crippen molar-refractivity contribution in [3.05, 3.63) is 30.1 Å². The molecule has 2 aliphatic rings. The molecule has 1 aromatic heterocycles. The van der Waals surface area contributed by atoms with E-state index < -0.39 is 43.4 Å². The molecular weight excluding hydrogens is 332 g/mol. The predicted molar refractivity (Wildman–Crippen MR) is 83.0 cm³/mol. The highest BCUT2D eigenvalue weighted by molar-refractivity contribution is 5.83. The van der Waals surface area contributed by atoms with Crippen molar-refractivity contribution in [2.75, 3.05) is 13.7 Å². The van der Waals surface area contributed by atoms with Crippen LogP contribution in [0.4, 0.5) is 0 Å². The van der Waals surface area contributed by atoms with Gasteiger partial charge in [-0.15, -0.1) is 0 Å². The lowest BCUT2D eigenvalue weighted by Gasteiger charge is -2.40. The van der Waals surface area contributed by atoms with E-state index in [0.29, 0.717) is 6.42 Å². The summed E-state index contributed by atoms with van der Waals surface area (Å²) in [6.07, 6.45) is -4.19. The number of amides is 1. The summed E-state index contributed by atoms with van der Waals surface area (Å²) in [7, 11) is 1.65. The minimum Gasteiger partial charge on any atom is -0.394 e. The predicted octanol–water partition coefficient (Wildman–Crippen LogP) is -1.83. The molecule has 138 valence electrons. The van der Waals surface area contributed by atoms with Crippen molar-refractivity contribution in [1.82, 2.24) is 9.88 Å². The Balaban J connectivity index is 1.71. The first-order valence-corrected chi connectivity index (χ1v) is 8.06. The van der Waals surface area contributed by atoms with Gasteiger partial charge in [-0.1, -0.05) is 6.07 Å². The van der Waals surface area contributed by atoms with Crippen LogP contribution in [-0.2, 0) is 14.3 Å². The number of hydrogen-bond acceptors (Lipinski definition) is 8. The van der Waals surface area contributed by atoms with Crippen molar-refractivity contribution in [2.45, 2.75) is 49.3 Å². The first-order valence-electron chi connectivity index (χ1n) is 8.06. The molecule has 9 nitrogen and oxygen atoms in total. The number of likely N-dealkylation sites (N-methyl/N-ethyl adjacent to an activating group) is 1. The number of aromatic nitrogens is 1. The normalized spacial score (nSPS) is 39.0. The van der Waals surface area contributed by atoms with Crippen molar-refractivity contribution < 1.29 is 34.7 Å². The highest BCUT2D eigenvalue weighted by Crippen LogP contribution is 2.34. The lowest BCUT2D eigenvalue weighted by molar-refractivity contribution is -0.308. The average molecular weight is 354 g/mol. The Bertz CT molecular complexity index is 599. The lowest BCUT2D eigenvalue weighted by Crippen LogP contribution is -2.59. The van der Waals surface area contributed by atoms with E-state index in [2.05, 4.69) is 4.98 Å². The standard InChI is InChI=1S/C16H22N2O7/c1-18-9(8-3-2-4-17-6-8)5-10(15(18)23)24-16-14(22)13(21)12(20)11(7-19)25-16/h2-4,6,9-14,16,19-22H,5,7H2,1H3. The van der Waals surface area contributed by atoms with Crippen LogP contribution in [0.5, 0.6) is 0 Å². The van der Waals surface area contributed by atoms with Gasteiger partial charge in [-0.25, -0.2) is 0 Å². The van der Waals surface area contributed by atoms with Crippen LogP contribution in [-0.4, -0.2) is 86.7 Å². The highest BCUT2D eigenvalue weighted by atomic mass is 16.7. The molecule has 2 saturated heterocycles. The summed E-state index contributed by atoms with van der Waals surface area (Å²) in [5, 5.41) is 38.9. The second-order valence-electron chi connectivity index (χ2n) is 6.31. The number of rotatable bonds is 4. The third kappa shape index (κ3) is 3.39. The van der Waals surface area contributed by atoms with Gasteiger partial charge in [0.1, 0.15) is 30.5 Å². The van der Waals surface area contributed by atoms with Gasteiger partial charge in [0.25, 0.3) is 5.91 Å². The summed E-state index contributed by atoms with van der Waals surface area (Å²) in [5.74, 6) is -0.286. The van der Waals surface area contributed by atoms with E-state index in [-0.39, 0.29) is 11.9 Å². The number of pyridine rings is 1. The maximum absolute atomic E-state index is 12.4. The van der Waals surface area contributed by atoms with E-state index >= 15 is 0 Å². The Kier molecular flexibility index (Phi) is 5.32. The van der Waals surface area contributed by atoms with E-state index in [1.54, 1.807) is 25.5 Å². The van der Waals surface area contributed by atoms with Gasteiger partial charge in [0.2, 0.25) is 0 Å². The lowest BCUT2D eigenvalue weighted by atomic mass is 9.99. The summed E-state index contributed by atoms with van der Waals surface area (Å²) in [6, 6.07) is 3.41. The van der Waals surface area contributed by atoms with Gasteiger partial charge in [-0.05, 0) is 11.6 Å². The Labute approximate surface area is 144 Å². The Morgan fingerprint density at radius 3 is 2.72 bits per heavy atom. The quantitative estimate of drug-likeness (QED) is 0.496. The van der Waals surface area contributed by atoms with Gasteiger partial charge in [-0.2, -0.15) is 0 Å². The van der Waals surface area contributed by atoms with Gasteiger partial charge in [0.15, 0.2) is 6.29 Å². The topological polar surface area (TPSA) is 133 Å². The van der Waals surface area contributed by atoms with E-state index in [1.807, 2.05) is 6.07 Å². The number of aliphatic hydroxyl groups is 4. The highest BCUT2D eigenvalue weighted by Gasteiger charge is 2.47. The summed E-state index contributed by atoms with van der Waals surface area (Å²) in [6.45, 7) is -0.554. The smallest absolute Gasteiger partial charge is 0.252 e. The van der Waals surface area contributed by atoms with Gasteiger partial charge in [0, 0.05) is 25.9 Å². The van der Waals surface area contributed by atoms with Crippen LogP contribution in [0, 0.1) is 0 Å². The fourth-order valence-electron chi connectivity index (χ4n) is 3.23. The van der Waals surface area contributed by atoms with Crippen LogP contribution in [0.15, 0.2) is 24.5 Å². The zero-order valence-corrected chi connectivity index (χ0v) is 13.7. The van der Waals surface area contributed by atoms with Gasteiger partial charge >= 0.3 is 0 Å². The third-order valence-corrected chi connectivity index (χ3v) is 4.74. The maximum atomic E-state index is 12.4. The molecule has 7 unspecified atom stereocenters. The molecule has 25 heavy (non-hydrogen) atoms. The fourth-order valence-corrected chi connectivity index (χ4v) is 3.23. The second kappa shape index (κ2) is 7.32. The minimum absolute atomic E-state index is 0.226. The Morgan fingerprint density at radius 1 is 1.32 bits per heavy atom. The molecule has 0 bridgehead atoms. The molecular formula is C16H22N2O7. The minimum atomic E-state index is -1.54. The molecule has 2 aliphatic heterocycles. The van der Waals surface area contributed by atoms with Crippen molar-refractivity contribution in [1.29, 1.82) is 0 Å². The van der Waals surface area contributed by atoms with E-state index in [4.69, 9.17) is 9.47 Å². The molecule has 3 rings (SSSR count). The maximum Gasteiger partial charge on any atom is 0.252 e. The van der Waals surface area contributed by atoms with Crippen LogP contribution >= 0.6 is 0 Å². The SMILES string of the molecule is CN1C(=O)C(OC2OC(CO)C(O)C(O)C2O)CC1c1cccnc1. The summed E-state index contributed by atoms with van der Waals surface area (Å²) in [5.41, 5.74) is 0.859. The van der Waals surface area contributed by atoms with Crippen molar-refractivity contribution >= 4 is 5.91 Å². The second-order valence-corrected chi connectivity index (χ2v) is 6.31. The van der Waals surface area contributed by atoms with Crippen LogP contribution in [0.3, 0.4) is 0 Å². The molecule has 0 aliphatic carbocycles. The van der Waals surface area contributed by atoms with Crippen LogP contribution in [0.1, 0.15) is 18.0 Å². The Morgan fingerprint density at radius 2 is 2.08 bits per heavy atom.